The molecule has 0 spiro atoms. The molecule has 1 heterocycles. The first kappa shape index (κ1) is 14.2. The van der Waals surface area contributed by atoms with E-state index in [2.05, 4.69) is 28.0 Å². The Balaban J connectivity index is 1.56. The molecule has 0 saturated carbocycles. The quantitative estimate of drug-likeness (QED) is 0.942. The maximum absolute atomic E-state index is 9.52. The van der Waals surface area contributed by atoms with Crippen LogP contribution >= 0.6 is 11.6 Å². The molecule has 2 aromatic carbocycles. The van der Waals surface area contributed by atoms with Crippen LogP contribution in [0, 0.1) is 0 Å². The van der Waals surface area contributed by atoms with Gasteiger partial charge in [-0.1, -0.05) is 23.7 Å². The Labute approximate surface area is 130 Å². The lowest BCUT2D eigenvalue weighted by Crippen LogP contribution is -2.45. The van der Waals surface area contributed by atoms with E-state index in [1.807, 2.05) is 24.3 Å². The SMILES string of the molecule is Oc1cccc(CN2CCN(c3ccc(Cl)cc3)CC2)c1. The number of aromatic hydroxyl groups is 1. The van der Waals surface area contributed by atoms with Crippen molar-refractivity contribution in [3.8, 4) is 5.75 Å². The Bertz CT molecular complexity index is 592. The lowest BCUT2D eigenvalue weighted by molar-refractivity contribution is 0.249. The number of piperazine rings is 1. The van der Waals surface area contributed by atoms with Gasteiger partial charge in [0.2, 0.25) is 0 Å². The first-order chi connectivity index (χ1) is 10.2. The van der Waals surface area contributed by atoms with Crippen molar-refractivity contribution in [2.75, 3.05) is 31.1 Å². The van der Waals surface area contributed by atoms with Gasteiger partial charge in [0.15, 0.2) is 0 Å². The van der Waals surface area contributed by atoms with Crippen LogP contribution in [0.3, 0.4) is 0 Å². The largest absolute Gasteiger partial charge is 0.508 e. The van der Waals surface area contributed by atoms with Crippen LogP contribution in [0.15, 0.2) is 48.5 Å². The number of hydrogen-bond acceptors (Lipinski definition) is 3. The van der Waals surface area contributed by atoms with E-state index in [4.69, 9.17) is 11.6 Å². The number of nitrogens with zero attached hydrogens (tertiary/aromatic N) is 2. The standard InChI is InChI=1S/C17H19ClN2O/c18-15-4-6-16(7-5-15)20-10-8-19(9-11-20)13-14-2-1-3-17(21)12-14/h1-7,12,21H,8-11,13H2. The molecule has 1 aliphatic rings. The summed E-state index contributed by atoms with van der Waals surface area (Å²) < 4.78 is 0. The lowest BCUT2D eigenvalue weighted by Gasteiger charge is -2.36. The Hall–Kier alpha value is -1.71. The van der Waals surface area contributed by atoms with Crippen LogP contribution in [0.1, 0.15) is 5.56 Å². The summed E-state index contributed by atoms with van der Waals surface area (Å²) in [4.78, 5) is 4.80. The summed E-state index contributed by atoms with van der Waals surface area (Å²) in [7, 11) is 0. The molecule has 0 radical (unpaired) electrons. The lowest BCUT2D eigenvalue weighted by atomic mass is 10.2. The van der Waals surface area contributed by atoms with Crippen molar-refractivity contribution in [3.05, 3.63) is 59.1 Å². The maximum atomic E-state index is 9.52. The van der Waals surface area contributed by atoms with Gasteiger partial charge in [-0.2, -0.15) is 0 Å². The van der Waals surface area contributed by atoms with Crippen LogP contribution in [0.4, 0.5) is 5.69 Å². The van der Waals surface area contributed by atoms with Gasteiger partial charge in [0, 0.05) is 43.4 Å². The average Bonchev–Trinajstić information content (AvgIpc) is 2.49. The zero-order chi connectivity index (χ0) is 14.7. The second-order valence-corrected chi connectivity index (χ2v) is 5.85. The highest BCUT2D eigenvalue weighted by Gasteiger charge is 2.17. The van der Waals surface area contributed by atoms with Gasteiger partial charge in [-0.3, -0.25) is 4.90 Å². The molecule has 1 N–H and O–H groups in total. The molecule has 1 saturated heterocycles. The minimum Gasteiger partial charge on any atom is -0.508 e. The molecular formula is C17H19ClN2O. The topological polar surface area (TPSA) is 26.7 Å². The molecule has 0 aromatic heterocycles. The van der Waals surface area contributed by atoms with E-state index in [0.717, 1.165) is 43.3 Å². The van der Waals surface area contributed by atoms with Gasteiger partial charge >= 0.3 is 0 Å². The van der Waals surface area contributed by atoms with Gasteiger partial charge in [0.05, 0.1) is 0 Å². The molecule has 4 heteroatoms. The highest BCUT2D eigenvalue weighted by molar-refractivity contribution is 6.30. The van der Waals surface area contributed by atoms with Crippen molar-refractivity contribution >= 4 is 17.3 Å². The summed E-state index contributed by atoms with van der Waals surface area (Å²) in [6.45, 7) is 4.97. The van der Waals surface area contributed by atoms with Gasteiger partial charge in [0.25, 0.3) is 0 Å². The first-order valence-corrected chi connectivity index (χ1v) is 7.59. The molecule has 21 heavy (non-hydrogen) atoms. The van der Waals surface area contributed by atoms with E-state index in [0.29, 0.717) is 5.75 Å². The summed E-state index contributed by atoms with van der Waals surface area (Å²) >= 11 is 5.93. The molecule has 0 bridgehead atoms. The molecule has 3 rings (SSSR count). The smallest absolute Gasteiger partial charge is 0.115 e. The van der Waals surface area contributed by atoms with Crippen LogP contribution in [-0.4, -0.2) is 36.2 Å². The summed E-state index contributed by atoms with van der Waals surface area (Å²) in [5.74, 6) is 0.340. The number of rotatable bonds is 3. The van der Waals surface area contributed by atoms with Crippen LogP contribution in [0.5, 0.6) is 5.75 Å². The van der Waals surface area contributed by atoms with Gasteiger partial charge in [-0.25, -0.2) is 0 Å². The van der Waals surface area contributed by atoms with Crippen molar-refractivity contribution in [1.82, 2.24) is 4.90 Å². The number of halogens is 1. The molecule has 2 aromatic rings. The summed E-state index contributed by atoms with van der Waals surface area (Å²) in [5, 5.41) is 10.3. The van der Waals surface area contributed by atoms with Crippen molar-refractivity contribution < 1.29 is 5.11 Å². The van der Waals surface area contributed by atoms with E-state index in [1.54, 1.807) is 6.07 Å². The van der Waals surface area contributed by atoms with Gasteiger partial charge in [-0.15, -0.1) is 0 Å². The van der Waals surface area contributed by atoms with Crippen molar-refractivity contribution in [1.29, 1.82) is 0 Å². The Morgan fingerprint density at radius 2 is 1.67 bits per heavy atom. The first-order valence-electron chi connectivity index (χ1n) is 7.21. The molecule has 0 amide bonds. The maximum Gasteiger partial charge on any atom is 0.115 e. The zero-order valence-corrected chi connectivity index (χ0v) is 12.6. The third kappa shape index (κ3) is 3.69. The van der Waals surface area contributed by atoms with Crippen LogP contribution in [0.2, 0.25) is 5.02 Å². The Morgan fingerprint density at radius 3 is 2.33 bits per heavy atom. The second kappa shape index (κ2) is 6.37. The summed E-state index contributed by atoms with van der Waals surface area (Å²) in [6.07, 6.45) is 0. The highest BCUT2D eigenvalue weighted by atomic mass is 35.5. The number of hydrogen-bond donors (Lipinski definition) is 1. The fourth-order valence-corrected chi connectivity index (χ4v) is 2.86. The fourth-order valence-electron chi connectivity index (χ4n) is 2.73. The van der Waals surface area contributed by atoms with E-state index in [9.17, 15) is 5.11 Å². The second-order valence-electron chi connectivity index (χ2n) is 5.41. The van der Waals surface area contributed by atoms with E-state index in [1.165, 1.54) is 5.69 Å². The number of benzene rings is 2. The van der Waals surface area contributed by atoms with Gasteiger partial charge < -0.3 is 10.0 Å². The summed E-state index contributed by atoms with van der Waals surface area (Å²) in [6, 6.07) is 15.5. The molecule has 0 atom stereocenters. The van der Waals surface area contributed by atoms with E-state index in [-0.39, 0.29) is 0 Å². The molecule has 1 fully saturated rings. The molecule has 0 unspecified atom stereocenters. The molecule has 110 valence electrons. The monoisotopic (exact) mass is 302 g/mol. The fraction of sp³-hybridized carbons (Fsp3) is 0.294. The van der Waals surface area contributed by atoms with E-state index < -0.39 is 0 Å². The van der Waals surface area contributed by atoms with E-state index >= 15 is 0 Å². The number of phenolic OH excluding ortho intramolecular Hbond substituents is 1. The molecule has 1 aliphatic heterocycles. The molecule has 0 aliphatic carbocycles. The molecular weight excluding hydrogens is 284 g/mol. The van der Waals surface area contributed by atoms with Gasteiger partial charge in [0.1, 0.15) is 5.75 Å². The minimum atomic E-state index is 0.340. The van der Waals surface area contributed by atoms with Crippen LogP contribution in [0.25, 0.3) is 0 Å². The average molecular weight is 303 g/mol. The van der Waals surface area contributed by atoms with Crippen LogP contribution < -0.4 is 4.90 Å². The van der Waals surface area contributed by atoms with Crippen molar-refractivity contribution in [2.24, 2.45) is 0 Å². The summed E-state index contributed by atoms with van der Waals surface area (Å²) in [5.41, 5.74) is 2.39. The predicted molar refractivity (Wildman–Crippen MR) is 87.0 cm³/mol. The molecule has 3 nitrogen and oxygen atoms in total. The van der Waals surface area contributed by atoms with Gasteiger partial charge in [-0.05, 0) is 42.0 Å². The Morgan fingerprint density at radius 1 is 0.952 bits per heavy atom. The van der Waals surface area contributed by atoms with Crippen molar-refractivity contribution in [2.45, 2.75) is 6.54 Å². The Kier molecular flexibility index (Phi) is 4.32. The highest BCUT2D eigenvalue weighted by Crippen LogP contribution is 2.20. The third-order valence-corrected chi connectivity index (χ3v) is 4.13. The predicted octanol–water partition coefficient (Wildman–Crippen LogP) is 3.37. The number of anilines is 1. The third-order valence-electron chi connectivity index (χ3n) is 3.88. The van der Waals surface area contributed by atoms with Crippen molar-refractivity contribution in [3.63, 3.8) is 0 Å². The number of phenols is 1. The zero-order valence-electron chi connectivity index (χ0n) is 11.9. The van der Waals surface area contributed by atoms with Crippen LogP contribution in [-0.2, 0) is 6.54 Å². The minimum absolute atomic E-state index is 0.340. The normalized spacial score (nSPS) is 16.1.